The van der Waals surface area contributed by atoms with Gasteiger partial charge in [-0.2, -0.15) is 0 Å². The maximum absolute atomic E-state index is 12.1. The van der Waals surface area contributed by atoms with E-state index in [-0.39, 0.29) is 5.75 Å². The molecule has 1 heterocycles. The lowest BCUT2D eigenvalue weighted by atomic mass is 10.2. The first-order valence-electron chi connectivity index (χ1n) is 7.91. The van der Waals surface area contributed by atoms with E-state index < -0.39 is 10.0 Å². The van der Waals surface area contributed by atoms with Crippen molar-refractivity contribution in [3.05, 3.63) is 53.6 Å². The Morgan fingerprint density at radius 2 is 1.91 bits per heavy atom. The molecule has 0 amide bonds. The van der Waals surface area contributed by atoms with Gasteiger partial charge in [0.15, 0.2) is 0 Å². The lowest BCUT2D eigenvalue weighted by Crippen LogP contribution is -2.27. The Labute approximate surface area is 138 Å². The Balaban J connectivity index is 1.80. The molecule has 0 aliphatic carbocycles. The molecule has 23 heavy (non-hydrogen) atoms. The predicted molar refractivity (Wildman–Crippen MR) is 92.7 cm³/mol. The molecule has 0 unspecified atom stereocenters. The summed E-state index contributed by atoms with van der Waals surface area (Å²) in [6.45, 7) is 7.38. The highest BCUT2D eigenvalue weighted by Gasteiger charge is 2.11. The summed E-state index contributed by atoms with van der Waals surface area (Å²) in [6, 6.07) is 7.57. The van der Waals surface area contributed by atoms with Gasteiger partial charge in [-0.3, -0.25) is 0 Å². The molecule has 0 fully saturated rings. The quantitative estimate of drug-likeness (QED) is 0.755. The molecule has 0 bridgehead atoms. The second-order valence-electron chi connectivity index (χ2n) is 6.13. The van der Waals surface area contributed by atoms with Crippen LogP contribution in [0.1, 0.15) is 43.1 Å². The molecule has 2 aromatic rings. The molecule has 0 radical (unpaired) electrons. The fraction of sp³-hybridized carbons (Fsp3) is 0.471. The minimum absolute atomic E-state index is 0.0234. The van der Waals surface area contributed by atoms with E-state index in [0.717, 1.165) is 29.9 Å². The van der Waals surface area contributed by atoms with E-state index in [9.17, 15) is 8.42 Å². The summed E-state index contributed by atoms with van der Waals surface area (Å²) in [4.78, 5) is 4.33. The van der Waals surface area contributed by atoms with Crippen molar-refractivity contribution in [3.8, 4) is 0 Å². The van der Waals surface area contributed by atoms with E-state index in [4.69, 9.17) is 0 Å². The molecule has 1 aromatic carbocycles. The van der Waals surface area contributed by atoms with Crippen molar-refractivity contribution >= 4 is 10.0 Å². The first-order valence-corrected chi connectivity index (χ1v) is 9.56. The summed E-state index contributed by atoms with van der Waals surface area (Å²) in [5, 5.41) is 0. The number of imidazole rings is 1. The van der Waals surface area contributed by atoms with Gasteiger partial charge >= 0.3 is 0 Å². The van der Waals surface area contributed by atoms with E-state index in [1.165, 1.54) is 0 Å². The van der Waals surface area contributed by atoms with E-state index >= 15 is 0 Å². The molecule has 5 nitrogen and oxygen atoms in total. The topological polar surface area (TPSA) is 64.0 Å². The Bertz CT molecular complexity index is 719. The molecule has 0 spiro atoms. The van der Waals surface area contributed by atoms with E-state index in [0.29, 0.717) is 12.5 Å². The number of rotatable bonds is 8. The molecule has 0 atom stereocenters. The van der Waals surface area contributed by atoms with Crippen LogP contribution in [-0.2, 0) is 22.3 Å². The van der Waals surface area contributed by atoms with Gasteiger partial charge in [-0.25, -0.2) is 18.1 Å². The SMILES string of the molecule is Cc1ccc(CS(=O)(=O)NCCCn2ccnc2C(C)C)cc1. The molecular formula is C17H25N3O2S. The van der Waals surface area contributed by atoms with Crippen molar-refractivity contribution in [3.63, 3.8) is 0 Å². The van der Waals surface area contributed by atoms with Crippen LogP contribution in [-0.4, -0.2) is 24.5 Å². The average molecular weight is 335 g/mol. The fourth-order valence-electron chi connectivity index (χ4n) is 2.44. The second-order valence-corrected chi connectivity index (χ2v) is 7.93. The lowest BCUT2D eigenvalue weighted by molar-refractivity contribution is 0.558. The van der Waals surface area contributed by atoms with Crippen molar-refractivity contribution in [1.29, 1.82) is 0 Å². The largest absolute Gasteiger partial charge is 0.335 e. The zero-order valence-electron chi connectivity index (χ0n) is 14.0. The van der Waals surface area contributed by atoms with E-state index in [1.54, 1.807) is 6.20 Å². The number of nitrogens with one attached hydrogen (secondary N) is 1. The molecule has 6 heteroatoms. The predicted octanol–water partition coefficient (Wildman–Crippen LogP) is 2.82. The van der Waals surface area contributed by atoms with Crippen molar-refractivity contribution < 1.29 is 8.42 Å². The summed E-state index contributed by atoms with van der Waals surface area (Å²) in [5.74, 6) is 1.42. The van der Waals surface area contributed by atoms with Gasteiger partial charge in [0.1, 0.15) is 5.82 Å². The molecule has 0 aliphatic heterocycles. The third kappa shape index (κ3) is 5.48. The summed E-state index contributed by atoms with van der Waals surface area (Å²) in [5.41, 5.74) is 1.93. The molecule has 1 aromatic heterocycles. The molecule has 126 valence electrons. The highest BCUT2D eigenvalue weighted by atomic mass is 32.2. The second kappa shape index (κ2) is 7.75. The number of hydrogen-bond donors (Lipinski definition) is 1. The van der Waals surface area contributed by atoms with Crippen LogP contribution in [0, 0.1) is 6.92 Å². The number of nitrogens with zero attached hydrogens (tertiary/aromatic N) is 2. The van der Waals surface area contributed by atoms with Crippen LogP contribution in [0.5, 0.6) is 0 Å². The number of sulfonamides is 1. The van der Waals surface area contributed by atoms with Gasteiger partial charge in [-0.05, 0) is 18.9 Å². The van der Waals surface area contributed by atoms with Crippen molar-refractivity contribution in [2.24, 2.45) is 0 Å². The minimum atomic E-state index is -3.29. The van der Waals surface area contributed by atoms with Gasteiger partial charge in [-0.1, -0.05) is 43.7 Å². The summed E-state index contributed by atoms with van der Waals surface area (Å²) in [6.07, 6.45) is 4.47. The Morgan fingerprint density at radius 3 is 2.57 bits per heavy atom. The van der Waals surface area contributed by atoms with Crippen LogP contribution in [0.2, 0.25) is 0 Å². The van der Waals surface area contributed by atoms with Gasteiger partial charge in [0, 0.05) is 31.4 Å². The smallest absolute Gasteiger partial charge is 0.215 e. The number of aryl methyl sites for hydroxylation is 2. The van der Waals surface area contributed by atoms with Gasteiger partial charge in [-0.15, -0.1) is 0 Å². The molecule has 2 rings (SSSR count). The Hall–Kier alpha value is -1.66. The molecule has 0 saturated heterocycles. The maximum atomic E-state index is 12.1. The van der Waals surface area contributed by atoms with Crippen LogP contribution < -0.4 is 4.72 Å². The number of benzene rings is 1. The molecule has 0 aliphatic rings. The van der Waals surface area contributed by atoms with Crippen LogP contribution >= 0.6 is 0 Å². The number of hydrogen-bond acceptors (Lipinski definition) is 3. The van der Waals surface area contributed by atoms with Crippen LogP contribution in [0.25, 0.3) is 0 Å². The molecular weight excluding hydrogens is 310 g/mol. The van der Waals surface area contributed by atoms with Gasteiger partial charge < -0.3 is 4.57 Å². The fourth-order valence-corrected chi connectivity index (χ4v) is 3.63. The average Bonchev–Trinajstić information content (AvgIpc) is 2.94. The van der Waals surface area contributed by atoms with Gasteiger partial charge in [0.2, 0.25) is 10.0 Å². The first-order chi connectivity index (χ1) is 10.9. The van der Waals surface area contributed by atoms with Crippen molar-refractivity contribution in [2.45, 2.75) is 45.4 Å². The van der Waals surface area contributed by atoms with E-state index in [1.807, 2.05) is 37.4 Å². The standard InChI is InChI=1S/C17H25N3O2S/c1-14(2)17-18-10-12-20(17)11-4-9-19-23(21,22)13-16-7-5-15(3)6-8-16/h5-8,10,12,14,19H,4,9,11,13H2,1-3H3. The first kappa shape index (κ1) is 17.7. The van der Waals surface area contributed by atoms with Gasteiger partial charge in [0.25, 0.3) is 0 Å². The molecule has 1 N–H and O–H groups in total. The van der Waals surface area contributed by atoms with Crippen molar-refractivity contribution in [2.75, 3.05) is 6.54 Å². The maximum Gasteiger partial charge on any atom is 0.215 e. The van der Waals surface area contributed by atoms with Gasteiger partial charge in [0.05, 0.1) is 5.75 Å². The summed E-state index contributed by atoms with van der Waals surface area (Å²) in [7, 11) is -3.29. The minimum Gasteiger partial charge on any atom is -0.335 e. The summed E-state index contributed by atoms with van der Waals surface area (Å²) < 4.78 is 28.9. The van der Waals surface area contributed by atoms with Crippen LogP contribution in [0.3, 0.4) is 0 Å². The van der Waals surface area contributed by atoms with Crippen molar-refractivity contribution in [1.82, 2.24) is 14.3 Å². The zero-order chi connectivity index (χ0) is 16.9. The highest BCUT2D eigenvalue weighted by Crippen LogP contribution is 2.12. The Morgan fingerprint density at radius 1 is 1.22 bits per heavy atom. The highest BCUT2D eigenvalue weighted by molar-refractivity contribution is 7.88. The van der Waals surface area contributed by atoms with Crippen LogP contribution in [0.4, 0.5) is 0 Å². The number of aromatic nitrogens is 2. The van der Waals surface area contributed by atoms with E-state index in [2.05, 4.69) is 28.1 Å². The Kier molecular flexibility index (Phi) is 5.96. The van der Waals surface area contributed by atoms with Crippen LogP contribution in [0.15, 0.2) is 36.7 Å². The zero-order valence-corrected chi connectivity index (χ0v) is 14.8. The third-order valence-corrected chi connectivity index (χ3v) is 5.00. The molecule has 0 saturated carbocycles. The lowest BCUT2D eigenvalue weighted by Gasteiger charge is -2.11. The monoisotopic (exact) mass is 335 g/mol. The third-order valence-electron chi connectivity index (χ3n) is 3.64. The summed E-state index contributed by atoms with van der Waals surface area (Å²) >= 11 is 0. The normalized spacial score (nSPS) is 12.0.